The van der Waals surface area contributed by atoms with E-state index in [0.29, 0.717) is 25.7 Å². The van der Waals surface area contributed by atoms with Crippen molar-refractivity contribution in [3.8, 4) is 0 Å². The summed E-state index contributed by atoms with van der Waals surface area (Å²) < 4.78 is 41.3. The average molecular weight is 268 g/mol. The second kappa shape index (κ2) is 7.96. The standard InChI is InChI=1S/C12H23F3N2O/c1-18-9-8-17(7-3-5-12(13,14)15)10-11-4-2-6-16-11/h11,16H,2-10H2,1H3. The second-order valence-corrected chi connectivity index (χ2v) is 4.81. The molecule has 0 spiro atoms. The van der Waals surface area contributed by atoms with Crippen LogP contribution in [-0.2, 0) is 4.74 Å². The lowest BCUT2D eigenvalue weighted by Gasteiger charge is -2.25. The highest BCUT2D eigenvalue weighted by molar-refractivity contribution is 4.78. The minimum Gasteiger partial charge on any atom is -0.383 e. The van der Waals surface area contributed by atoms with Crippen LogP contribution in [0.4, 0.5) is 13.2 Å². The Hall–Kier alpha value is -0.330. The summed E-state index contributed by atoms with van der Waals surface area (Å²) >= 11 is 0. The molecule has 0 aromatic heterocycles. The number of hydrogen-bond donors (Lipinski definition) is 1. The zero-order valence-corrected chi connectivity index (χ0v) is 10.9. The molecule has 1 N–H and O–H groups in total. The van der Waals surface area contributed by atoms with Crippen molar-refractivity contribution in [1.29, 1.82) is 0 Å². The van der Waals surface area contributed by atoms with Crippen molar-refractivity contribution in [3.05, 3.63) is 0 Å². The molecule has 1 heterocycles. The second-order valence-electron chi connectivity index (χ2n) is 4.81. The Balaban J connectivity index is 2.25. The zero-order chi connectivity index (χ0) is 13.4. The number of hydrogen-bond acceptors (Lipinski definition) is 3. The molecule has 0 amide bonds. The molecule has 108 valence electrons. The maximum Gasteiger partial charge on any atom is 0.389 e. The first-order valence-corrected chi connectivity index (χ1v) is 6.52. The Morgan fingerprint density at radius 1 is 1.33 bits per heavy atom. The molecule has 0 bridgehead atoms. The molecule has 0 radical (unpaired) electrons. The smallest absolute Gasteiger partial charge is 0.383 e. The number of methoxy groups -OCH3 is 1. The van der Waals surface area contributed by atoms with Crippen LogP contribution in [0.2, 0.25) is 0 Å². The summed E-state index contributed by atoms with van der Waals surface area (Å²) in [5.74, 6) is 0. The third-order valence-corrected chi connectivity index (χ3v) is 3.19. The molecule has 0 saturated carbocycles. The summed E-state index contributed by atoms with van der Waals surface area (Å²) in [4.78, 5) is 2.07. The molecule has 1 saturated heterocycles. The van der Waals surface area contributed by atoms with E-state index in [1.165, 1.54) is 0 Å². The number of alkyl halides is 3. The van der Waals surface area contributed by atoms with Crippen LogP contribution in [0.15, 0.2) is 0 Å². The van der Waals surface area contributed by atoms with Gasteiger partial charge in [-0.1, -0.05) is 0 Å². The number of rotatable bonds is 8. The van der Waals surface area contributed by atoms with Gasteiger partial charge in [0.25, 0.3) is 0 Å². The normalized spacial score (nSPS) is 20.8. The van der Waals surface area contributed by atoms with Gasteiger partial charge in [0.2, 0.25) is 0 Å². The maximum absolute atomic E-state index is 12.1. The molecule has 1 aliphatic rings. The van der Waals surface area contributed by atoms with E-state index >= 15 is 0 Å². The van der Waals surface area contributed by atoms with Crippen LogP contribution in [0.25, 0.3) is 0 Å². The molecule has 1 unspecified atom stereocenters. The van der Waals surface area contributed by atoms with E-state index in [-0.39, 0.29) is 6.42 Å². The fraction of sp³-hybridized carbons (Fsp3) is 1.00. The molecule has 1 fully saturated rings. The summed E-state index contributed by atoms with van der Waals surface area (Å²) in [5.41, 5.74) is 0. The van der Waals surface area contributed by atoms with Gasteiger partial charge in [-0.15, -0.1) is 0 Å². The van der Waals surface area contributed by atoms with Gasteiger partial charge < -0.3 is 10.1 Å². The van der Waals surface area contributed by atoms with Gasteiger partial charge in [-0.2, -0.15) is 13.2 Å². The van der Waals surface area contributed by atoms with Crippen molar-refractivity contribution < 1.29 is 17.9 Å². The van der Waals surface area contributed by atoms with Gasteiger partial charge in [0.1, 0.15) is 0 Å². The third kappa shape index (κ3) is 7.18. The Morgan fingerprint density at radius 2 is 2.11 bits per heavy atom. The predicted molar refractivity (Wildman–Crippen MR) is 64.6 cm³/mol. The monoisotopic (exact) mass is 268 g/mol. The summed E-state index contributed by atoms with van der Waals surface area (Å²) in [6.45, 7) is 3.60. The van der Waals surface area contributed by atoms with Crippen LogP contribution < -0.4 is 5.32 Å². The van der Waals surface area contributed by atoms with Gasteiger partial charge >= 0.3 is 6.18 Å². The van der Waals surface area contributed by atoms with Crippen LogP contribution in [0.3, 0.4) is 0 Å². The van der Waals surface area contributed by atoms with E-state index < -0.39 is 12.6 Å². The van der Waals surface area contributed by atoms with Crippen LogP contribution in [0.5, 0.6) is 0 Å². The Kier molecular flexibility index (Phi) is 6.96. The third-order valence-electron chi connectivity index (χ3n) is 3.19. The topological polar surface area (TPSA) is 24.5 Å². The van der Waals surface area contributed by atoms with Gasteiger partial charge in [-0.25, -0.2) is 0 Å². The highest BCUT2D eigenvalue weighted by atomic mass is 19.4. The average Bonchev–Trinajstić information content (AvgIpc) is 2.76. The van der Waals surface area contributed by atoms with Crippen molar-refractivity contribution in [1.82, 2.24) is 10.2 Å². The number of ether oxygens (including phenoxy) is 1. The lowest BCUT2D eigenvalue weighted by Crippen LogP contribution is -2.39. The summed E-state index contributed by atoms with van der Waals surface area (Å²) in [6.07, 6.45) is -2.30. The minimum absolute atomic E-state index is 0.167. The number of nitrogens with zero attached hydrogens (tertiary/aromatic N) is 1. The molecule has 1 rings (SSSR count). The van der Waals surface area contributed by atoms with Crippen molar-refractivity contribution in [3.63, 3.8) is 0 Å². The van der Waals surface area contributed by atoms with E-state index in [2.05, 4.69) is 10.2 Å². The van der Waals surface area contributed by atoms with Gasteiger partial charge in [-0.05, 0) is 32.4 Å². The van der Waals surface area contributed by atoms with Gasteiger partial charge in [0, 0.05) is 32.7 Å². The Labute approximate surface area is 107 Å². The quantitative estimate of drug-likeness (QED) is 0.729. The van der Waals surface area contributed by atoms with E-state index in [1.807, 2.05) is 0 Å². The summed E-state index contributed by atoms with van der Waals surface area (Å²) in [7, 11) is 1.61. The van der Waals surface area contributed by atoms with Crippen molar-refractivity contribution >= 4 is 0 Å². The van der Waals surface area contributed by atoms with Crippen molar-refractivity contribution in [2.75, 3.05) is 39.9 Å². The Bertz CT molecular complexity index is 218. The van der Waals surface area contributed by atoms with Crippen LogP contribution >= 0.6 is 0 Å². The van der Waals surface area contributed by atoms with Gasteiger partial charge in [0.05, 0.1) is 6.61 Å². The molecule has 1 aliphatic heterocycles. The molecule has 3 nitrogen and oxygen atoms in total. The first-order chi connectivity index (χ1) is 8.51. The van der Waals surface area contributed by atoms with E-state index in [0.717, 1.165) is 25.9 Å². The maximum atomic E-state index is 12.1. The van der Waals surface area contributed by atoms with Gasteiger partial charge in [0.15, 0.2) is 0 Å². The highest BCUT2D eigenvalue weighted by Gasteiger charge is 2.27. The summed E-state index contributed by atoms with van der Waals surface area (Å²) in [6, 6.07) is 0.424. The van der Waals surface area contributed by atoms with E-state index in [1.54, 1.807) is 7.11 Å². The van der Waals surface area contributed by atoms with Crippen LogP contribution in [-0.4, -0.2) is 57.0 Å². The fourth-order valence-corrected chi connectivity index (χ4v) is 2.24. The zero-order valence-electron chi connectivity index (χ0n) is 10.9. The fourth-order valence-electron chi connectivity index (χ4n) is 2.24. The lowest BCUT2D eigenvalue weighted by molar-refractivity contribution is -0.136. The molecule has 0 aliphatic carbocycles. The van der Waals surface area contributed by atoms with E-state index in [4.69, 9.17) is 4.74 Å². The molecule has 0 aromatic rings. The molecule has 6 heteroatoms. The SMILES string of the molecule is COCCN(CCCC(F)(F)F)CC1CCCN1. The molecule has 18 heavy (non-hydrogen) atoms. The minimum atomic E-state index is -4.04. The largest absolute Gasteiger partial charge is 0.389 e. The highest BCUT2D eigenvalue weighted by Crippen LogP contribution is 2.21. The molecule has 1 atom stereocenters. The predicted octanol–water partition coefficient (Wildman–Crippen LogP) is 2.03. The molecular weight excluding hydrogens is 245 g/mol. The molecule has 0 aromatic carbocycles. The Morgan fingerprint density at radius 3 is 2.67 bits per heavy atom. The first-order valence-electron chi connectivity index (χ1n) is 6.52. The lowest BCUT2D eigenvalue weighted by atomic mass is 10.2. The van der Waals surface area contributed by atoms with Crippen molar-refractivity contribution in [2.45, 2.75) is 37.9 Å². The summed E-state index contributed by atoms with van der Waals surface area (Å²) in [5, 5.41) is 3.37. The van der Waals surface area contributed by atoms with Gasteiger partial charge in [-0.3, -0.25) is 4.90 Å². The first kappa shape index (κ1) is 15.7. The van der Waals surface area contributed by atoms with Crippen LogP contribution in [0.1, 0.15) is 25.7 Å². The van der Waals surface area contributed by atoms with Crippen molar-refractivity contribution in [2.24, 2.45) is 0 Å². The molecular formula is C12H23F3N2O. The number of halogens is 3. The van der Waals surface area contributed by atoms with Crippen LogP contribution in [0, 0.1) is 0 Å². The van der Waals surface area contributed by atoms with E-state index in [9.17, 15) is 13.2 Å². The number of nitrogens with one attached hydrogen (secondary N) is 1.